The Kier molecular flexibility index (Phi) is 11.2. The zero-order valence-corrected chi connectivity index (χ0v) is 28.3. The van der Waals surface area contributed by atoms with Gasteiger partial charge in [0.15, 0.2) is 0 Å². The van der Waals surface area contributed by atoms with Crippen LogP contribution in [-0.2, 0) is 9.59 Å². The first-order chi connectivity index (χ1) is 24.4. The van der Waals surface area contributed by atoms with Crippen LogP contribution in [0.4, 0.5) is 11.4 Å². The van der Waals surface area contributed by atoms with Crippen LogP contribution in [-0.4, -0.2) is 17.7 Å². The summed E-state index contributed by atoms with van der Waals surface area (Å²) in [4.78, 5) is 41.3. The van der Waals surface area contributed by atoms with E-state index in [2.05, 4.69) is 16.0 Å². The molecule has 0 saturated carbocycles. The molecule has 0 saturated heterocycles. The summed E-state index contributed by atoms with van der Waals surface area (Å²) in [6.07, 6.45) is 1.65. The standard InChI is InChI=1S/C42H32ClN3O3S/c43-34-18-10-19-35(27-34)45-42(49)39(32-14-6-2-7-15-32)50-37-21-11-20-36(28-37)44-41(48)38(46-40(47)33-16-8-3-9-17-33)26-29-22-24-31(25-23-29)30-12-4-1-5-13-30/h1-28,39H,(H,44,48)(H,45,49)(H,46,47)/b38-26+. The molecule has 0 heterocycles. The van der Waals surface area contributed by atoms with E-state index in [-0.39, 0.29) is 11.6 Å². The monoisotopic (exact) mass is 693 g/mol. The first kappa shape index (κ1) is 34.0. The Bertz CT molecular complexity index is 2120. The molecule has 6 nitrogen and oxygen atoms in total. The molecule has 3 N–H and O–H groups in total. The van der Waals surface area contributed by atoms with E-state index >= 15 is 0 Å². The fourth-order valence-corrected chi connectivity index (χ4v) is 6.44. The number of halogens is 1. The number of carbonyl (C=O) groups excluding carboxylic acids is 3. The van der Waals surface area contributed by atoms with Crippen LogP contribution in [0.5, 0.6) is 0 Å². The number of hydrogen-bond acceptors (Lipinski definition) is 4. The van der Waals surface area contributed by atoms with Crippen LogP contribution < -0.4 is 16.0 Å². The van der Waals surface area contributed by atoms with Gasteiger partial charge in [-0.05, 0) is 76.9 Å². The number of rotatable bonds is 11. The van der Waals surface area contributed by atoms with Gasteiger partial charge in [-0.2, -0.15) is 0 Å². The highest BCUT2D eigenvalue weighted by Gasteiger charge is 2.23. The molecule has 6 rings (SSSR count). The fourth-order valence-electron chi connectivity index (χ4n) is 5.17. The summed E-state index contributed by atoms with van der Waals surface area (Å²) in [7, 11) is 0. The van der Waals surface area contributed by atoms with Gasteiger partial charge < -0.3 is 16.0 Å². The maximum Gasteiger partial charge on any atom is 0.272 e. The number of benzene rings is 6. The van der Waals surface area contributed by atoms with Crippen molar-refractivity contribution in [3.63, 3.8) is 0 Å². The molecule has 50 heavy (non-hydrogen) atoms. The lowest BCUT2D eigenvalue weighted by atomic mass is 10.0. The minimum atomic E-state index is -0.597. The van der Waals surface area contributed by atoms with Crippen LogP contribution in [0.25, 0.3) is 17.2 Å². The number of carbonyl (C=O) groups is 3. The van der Waals surface area contributed by atoms with Crippen LogP contribution in [0.2, 0.25) is 5.02 Å². The number of nitrogens with one attached hydrogen (secondary N) is 3. The summed E-state index contributed by atoms with van der Waals surface area (Å²) >= 11 is 7.50. The van der Waals surface area contributed by atoms with E-state index in [1.807, 2.05) is 103 Å². The Balaban J connectivity index is 1.23. The molecule has 1 unspecified atom stereocenters. The lowest BCUT2D eigenvalue weighted by Gasteiger charge is -2.18. The molecule has 0 radical (unpaired) electrons. The lowest BCUT2D eigenvalue weighted by Crippen LogP contribution is -2.30. The molecule has 246 valence electrons. The van der Waals surface area contributed by atoms with Gasteiger partial charge in [-0.15, -0.1) is 11.8 Å². The topological polar surface area (TPSA) is 87.3 Å². The molecule has 0 fully saturated rings. The average molecular weight is 694 g/mol. The second kappa shape index (κ2) is 16.5. The number of amides is 3. The third-order valence-corrected chi connectivity index (χ3v) is 9.12. The molecule has 0 aliphatic heterocycles. The fraction of sp³-hybridized carbons (Fsp3) is 0.0238. The quantitative estimate of drug-likeness (QED) is 0.0931. The van der Waals surface area contributed by atoms with Crippen molar-refractivity contribution in [3.05, 3.63) is 191 Å². The van der Waals surface area contributed by atoms with E-state index in [0.717, 1.165) is 27.1 Å². The Morgan fingerprint density at radius 1 is 0.600 bits per heavy atom. The van der Waals surface area contributed by atoms with E-state index in [0.29, 0.717) is 22.0 Å². The minimum absolute atomic E-state index is 0.0763. The summed E-state index contributed by atoms with van der Waals surface area (Å²) < 4.78 is 0. The van der Waals surface area contributed by atoms with Crippen LogP contribution in [0.15, 0.2) is 174 Å². The van der Waals surface area contributed by atoms with E-state index in [4.69, 9.17) is 11.6 Å². The van der Waals surface area contributed by atoms with Crippen molar-refractivity contribution in [2.24, 2.45) is 0 Å². The van der Waals surface area contributed by atoms with E-state index in [1.54, 1.807) is 66.7 Å². The summed E-state index contributed by atoms with van der Waals surface area (Å²) in [6.45, 7) is 0. The Labute approximate surface area is 300 Å². The van der Waals surface area contributed by atoms with Gasteiger partial charge in [-0.3, -0.25) is 14.4 Å². The van der Waals surface area contributed by atoms with Crippen LogP contribution in [0, 0.1) is 0 Å². The SMILES string of the molecule is O=C(Nc1cccc(SC(C(=O)Nc2cccc(Cl)c2)c2ccccc2)c1)/C(=C\c1ccc(-c2ccccc2)cc1)NC(=O)c1ccccc1. The van der Waals surface area contributed by atoms with E-state index in [1.165, 1.54) is 11.8 Å². The second-order valence-corrected chi connectivity index (χ2v) is 12.9. The predicted octanol–water partition coefficient (Wildman–Crippen LogP) is 9.89. The van der Waals surface area contributed by atoms with E-state index < -0.39 is 17.1 Å². The van der Waals surface area contributed by atoms with Gasteiger partial charge >= 0.3 is 0 Å². The molecule has 3 amide bonds. The molecule has 6 aromatic rings. The maximum absolute atomic E-state index is 13.8. The van der Waals surface area contributed by atoms with Crippen molar-refractivity contribution in [1.29, 1.82) is 0 Å². The first-order valence-corrected chi connectivity index (χ1v) is 17.1. The second-order valence-electron chi connectivity index (χ2n) is 11.3. The van der Waals surface area contributed by atoms with Gasteiger partial charge in [-0.1, -0.05) is 127 Å². The Hall–Kier alpha value is -5.89. The van der Waals surface area contributed by atoms with E-state index in [9.17, 15) is 14.4 Å². The summed E-state index contributed by atoms with van der Waals surface area (Å²) in [6, 6.07) is 50.2. The number of hydrogen-bond donors (Lipinski definition) is 3. The van der Waals surface area contributed by atoms with Gasteiger partial charge in [0.1, 0.15) is 10.9 Å². The minimum Gasteiger partial charge on any atom is -0.325 e. The highest BCUT2D eigenvalue weighted by molar-refractivity contribution is 8.00. The number of anilines is 2. The molecular formula is C42H32ClN3O3S. The smallest absolute Gasteiger partial charge is 0.272 e. The highest BCUT2D eigenvalue weighted by atomic mass is 35.5. The molecule has 6 aromatic carbocycles. The first-order valence-electron chi connectivity index (χ1n) is 15.8. The zero-order valence-electron chi connectivity index (χ0n) is 26.8. The summed E-state index contributed by atoms with van der Waals surface area (Å²) in [5.41, 5.74) is 5.26. The van der Waals surface area contributed by atoms with Crippen molar-refractivity contribution in [2.75, 3.05) is 10.6 Å². The molecule has 0 spiro atoms. The molecule has 0 aromatic heterocycles. The van der Waals surface area contributed by atoms with Crippen LogP contribution in [0.3, 0.4) is 0 Å². The summed E-state index contributed by atoms with van der Waals surface area (Å²) in [5, 5.41) is 8.63. The average Bonchev–Trinajstić information content (AvgIpc) is 3.15. The predicted molar refractivity (Wildman–Crippen MR) is 204 cm³/mol. The van der Waals surface area contributed by atoms with Gasteiger partial charge in [0.2, 0.25) is 5.91 Å². The van der Waals surface area contributed by atoms with Crippen LogP contribution >= 0.6 is 23.4 Å². The molecule has 0 aliphatic rings. The van der Waals surface area contributed by atoms with Crippen LogP contribution in [0.1, 0.15) is 26.7 Å². The molecule has 1 atom stereocenters. The van der Waals surface area contributed by atoms with Gasteiger partial charge in [0, 0.05) is 26.9 Å². The molecule has 0 aliphatic carbocycles. The van der Waals surface area contributed by atoms with Crippen molar-refractivity contribution in [3.8, 4) is 11.1 Å². The van der Waals surface area contributed by atoms with Gasteiger partial charge in [0.25, 0.3) is 11.8 Å². The highest BCUT2D eigenvalue weighted by Crippen LogP contribution is 2.37. The zero-order chi connectivity index (χ0) is 34.7. The van der Waals surface area contributed by atoms with Gasteiger partial charge in [-0.25, -0.2) is 0 Å². The van der Waals surface area contributed by atoms with Crippen molar-refractivity contribution in [2.45, 2.75) is 10.1 Å². The number of thioether (sulfide) groups is 1. The van der Waals surface area contributed by atoms with Crippen molar-refractivity contribution >= 4 is 58.5 Å². The van der Waals surface area contributed by atoms with Crippen molar-refractivity contribution in [1.82, 2.24) is 5.32 Å². The van der Waals surface area contributed by atoms with Gasteiger partial charge in [0.05, 0.1) is 0 Å². The molecular weight excluding hydrogens is 662 g/mol. The Morgan fingerprint density at radius 3 is 1.88 bits per heavy atom. The molecule has 8 heteroatoms. The third-order valence-electron chi connectivity index (χ3n) is 7.64. The largest absolute Gasteiger partial charge is 0.325 e. The maximum atomic E-state index is 13.8. The normalized spacial score (nSPS) is 11.7. The Morgan fingerprint density at radius 2 is 1.20 bits per heavy atom. The summed E-state index contributed by atoms with van der Waals surface area (Å²) in [5.74, 6) is -1.12. The molecule has 0 bridgehead atoms. The van der Waals surface area contributed by atoms with Crippen molar-refractivity contribution < 1.29 is 14.4 Å². The third kappa shape index (κ3) is 9.17. The lowest BCUT2D eigenvalue weighted by molar-refractivity contribution is -0.116.